The highest BCUT2D eigenvalue weighted by atomic mass is 16.2. The van der Waals surface area contributed by atoms with Gasteiger partial charge in [0.1, 0.15) is 0 Å². The zero-order valence-corrected chi connectivity index (χ0v) is 12.8. The van der Waals surface area contributed by atoms with Gasteiger partial charge in [-0.05, 0) is 56.2 Å². The Hall–Kier alpha value is -2.49. The minimum absolute atomic E-state index is 0.224. The van der Waals surface area contributed by atoms with Crippen LogP contribution in [0.1, 0.15) is 18.4 Å². The van der Waals surface area contributed by atoms with Crippen molar-refractivity contribution in [3.8, 4) is 0 Å². The van der Waals surface area contributed by atoms with E-state index in [0.717, 1.165) is 24.5 Å². The number of carbonyl (C=O) groups is 1. The fourth-order valence-corrected chi connectivity index (χ4v) is 2.66. The second-order valence-electron chi connectivity index (χ2n) is 5.69. The van der Waals surface area contributed by atoms with Gasteiger partial charge in [-0.15, -0.1) is 0 Å². The third-order valence-electron chi connectivity index (χ3n) is 3.91. The molecule has 0 aliphatic carbocycles. The first kappa shape index (κ1) is 14.4. The molecule has 0 saturated carbocycles. The average molecular weight is 295 g/mol. The summed E-state index contributed by atoms with van der Waals surface area (Å²) in [5, 5.41) is 5.68. The van der Waals surface area contributed by atoms with Gasteiger partial charge in [-0.25, -0.2) is 4.79 Å². The Kier molecular flexibility index (Phi) is 4.28. The van der Waals surface area contributed by atoms with Crippen molar-refractivity contribution in [1.82, 2.24) is 0 Å². The van der Waals surface area contributed by atoms with Gasteiger partial charge < -0.3 is 15.5 Å². The van der Waals surface area contributed by atoms with Gasteiger partial charge in [-0.3, -0.25) is 0 Å². The van der Waals surface area contributed by atoms with Crippen molar-refractivity contribution in [2.24, 2.45) is 0 Å². The largest absolute Gasteiger partial charge is 0.372 e. The Balaban J connectivity index is 1.57. The molecule has 1 fully saturated rings. The molecule has 0 aromatic heterocycles. The summed E-state index contributed by atoms with van der Waals surface area (Å²) in [6.07, 6.45) is 2.53. The summed E-state index contributed by atoms with van der Waals surface area (Å²) >= 11 is 0. The number of rotatable bonds is 3. The second-order valence-corrected chi connectivity index (χ2v) is 5.69. The first-order valence-corrected chi connectivity index (χ1v) is 7.70. The van der Waals surface area contributed by atoms with Gasteiger partial charge in [0.05, 0.1) is 0 Å². The van der Waals surface area contributed by atoms with Gasteiger partial charge in [0.15, 0.2) is 0 Å². The standard InChI is InChI=1S/C18H21N3O/c1-14-4-6-15(7-5-14)19-18(22)20-16-8-10-17(11-9-16)21-12-2-3-13-21/h4-11H,2-3,12-13H2,1H3,(H2,19,20,22). The van der Waals surface area contributed by atoms with E-state index in [4.69, 9.17) is 0 Å². The predicted molar refractivity (Wildman–Crippen MR) is 91.7 cm³/mol. The molecule has 4 nitrogen and oxygen atoms in total. The SMILES string of the molecule is Cc1ccc(NC(=O)Nc2ccc(N3CCCC3)cc2)cc1. The molecule has 22 heavy (non-hydrogen) atoms. The first-order valence-electron chi connectivity index (χ1n) is 7.70. The molecule has 0 radical (unpaired) electrons. The molecule has 2 N–H and O–H groups in total. The highest BCUT2D eigenvalue weighted by Gasteiger charge is 2.12. The van der Waals surface area contributed by atoms with E-state index in [0.29, 0.717) is 0 Å². The average Bonchev–Trinajstić information content (AvgIpc) is 3.05. The molecular formula is C18H21N3O. The smallest absolute Gasteiger partial charge is 0.323 e. The zero-order valence-electron chi connectivity index (χ0n) is 12.8. The Morgan fingerprint density at radius 2 is 1.36 bits per heavy atom. The molecule has 1 aliphatic rings. The van der Waals surface area contributed by atoms with Crippen molar-refractivity contribution in [1.29, 1.82) is 0 Å². The number of hydrogen-bond acceptors (Lipinski definition) is 2. The molecule has 2 aromatic carbocycles. The van der Waals surface area contributed by atoms with Crippen LogP contribution in [0.15, 0.2) is 48.5 Å². The zero-order chi connectivity index (χ0) is 15.4. The molecular weight excluding hydrogens is 274 g/mol. The summed E-state index contributed by atoms with van der Waals surface area (Å²) in [7, 11) is 0. The van der Waals surface area contributed by atoms with E-state index < -0.39 is 0 Å². The Morgan fingerprint density at radius 1 is 0.864 bits per heavy atom. The number of amides is 2. The van der Waals surface area contributed by atoms with Crippen LogP contribution in [0.5, 0.6) is 0 Å². The van der Waals surface area contributed by atoms with Crippen LogP contribution in [0.2, 0.25) is 0 Å². The van der Waals surface area contributed by atoms with Crippen LogP contribution < -0.4 is 15.5 Å². The maximum absolute atomic E-state index is 12.0. The van der Waals surface area contributed by atoms with Crippen LogP contribution in [0.3, 0.4) is 0 Å². The quantitative estimate of drug-likeness (QED) is 0.889. The number of carbonyl (C=O) groups excluding carboxylic acids is 1. The molecule has 1 heterocycles. The summed E-state index contributed by atoms with van der Waals surface area (Å²) in [4.78, 5) is 14.3. The van der Waals surface area contributed by atoms with Crippen molar-refractivity contribution in [3.05, 3.63) is 54.1 Å². The molecule has 4 heteroatoms. The molecule has 1 saturated heterocycles. The van der Waals surface area contributed by atoms with Crippen molar-refractivity contribution in [2.45, 2.75) is 19.8 Å². The topological polar surface area (TPSA) is 44.4 Å². The Labute approximate surface area is 131 Å². The molecule has 0 atom stereocenters. The normalized spacial score (nSPS) is 14.0. The summed E-state index contributed by atoms with van der Waals surface area (Å²) in [5.41, 5.74) is 3.98. The molecule has 2 aromatic rings. The summed E-state index contributed by atoms with van der Waals surface area (Å²) in [5.74, 6) is 0. The summed E-state index contributed by atoms with van der Waals surface area (Å²) in [6.45, 7) is 4.27. The van der Waals surface area contributed by atoms with Gasteiger partial charge >= 0.3 is 6.03 Å². The summed E-state index contributed by atoms with van der Waals surface area (Å²) < 4.78 is 0. The molecule has 3 rings (SSSR count). The second kappa shape index (κ2) is 6.52. The summed E-state index contributed by atoms with van der Waals surface area (Å²) in [6, 6.07) is 15.5. The van der Waals surface area contributed by atoms with Crippen LogP contribution >= 0.6 is 0 Å². The molecule has 0 bridgehead atoms. The van der Waals surface area contributed by atoms with Crippen molar-refractivity contribution in [3.63, 3.8) is 0 Å². The van der Waals surface area contributed by atoms with Crippen molar-refractivity contribution < 1.29 is 4.79 Å². The molecule has 2 amide bonds. The Bertz CT molecular complexity index is 628. The number of anilines is 3. The lowest BCUT2D eigenvalue weighted by molar-refractivity contribution is 0.262. The van der Waals surface area contributed by atoms with E-state index in [1.807, 2.05) is 43.3 Å². The maximum Gasteiger partial charge on any atom is 0.323 e. The lowest BCUT2D eigenvalue weighted by Gasteiger charge is -2.17. The van der Waals surface area contributed by atoms with Crippen LogP contribution in [0.4, 0.5) is 21.9 Å². The first-order chi connectivity index (χ1) is 10.7. The van der Waals surface area contributed by atoms with Crippen LogP contribution in [-0.4, -0.2) is 19.1 Å². The van der Waals surface area contributed by atoms with E-state index in [1.54, 1.807) is 0 Å². The number of aryl methyl sites for hydroxylation is 1. The van der Waals surface area contributed by atoms with Crippen molar-refractivity contribution >= 4 is 23.1 Å². The van der Waals surface area contributed by atoms with Crippen molar-refractivity contribution in [2.75, 3.05) is 28.6 Å². The molecule has 1 aliphatic heterocycles. The monoisotopic (exact) mass is 295 g/mol. The van der Waals surface area contributed by atoms with E-state index in [1.165, 1.54) is 24.1 Å². The van der Waals surface area contributed by atoms with Gasteiger partial charge in [0.2, 0.25) is 0 Å². The fraction of sp³-hybridized carbons (Fsp3) is 0.278. The number of urea groups is 1. The lowest BCUT2D eigenvalue weighted by atomic mass is 10.2. The lowest BCUT2D eigenvalue weighted by Crippen LogP contribution is -2.20. The highest BCUT2D eigenvalue weighted by molar-refractivity contribution is 5.99. The van der Waals surface area contributed by atoms with Crippen LogP contribution in [0, 0.1) is 6.92 Å². The van der Waals surface area contributed by atoms with E-state index in [-0.39, 0.29) is 6.03 Å². The van der Waals surface area contributed by atoms with E-state index in [2.05, 4.69) is 27.7 Å². The van der Waals surface area contributed by atoms with Gasteiger partial charge in [-0.2, -0.15) is 0 Å². The molecule has 0 unspecified atom stereocenters. The number of nitrogens with one attached hydrogen (secondary N) is 2. The molecule has 0 spiro atoms. The third kappa shape index (κ3) is 3.58. The van der Waals surface area contributed by atoms with Gasteiger partial charge in [0.25, 0.3) is 0 Å². The van der Waals surface area contributed by atoms with Crippen LogP contribution in [0.25, 0.3) is 0 Å². The predicted octanol–water partition coefficient (Wildman–Crippen LogP) is 4.24. The third-order valence-corrected chi connectivity index (χ3v) is 3.91. The highest BCUT2D eigenvalue weighted by Crippen LogP contribution is 2.22. The van der Waals surface area contributed by atoms with E-state index >= 15 is 0 Å². The minimum Gasteiger partial charge on any atom is -0.372 e. The van der Waals surface area contributed by atoms with Gasteiger partial charge in [0, 0.05) is 30.2 Å². The number of nitrogens with zero attached hydrogens (tertiary/aromatic N) is 1. The van der Waals surface area contributed by atoms with E-state index in [9.17, 15) is 4.79 Å². The minimum atomic E-state index is -0.224. The molecule has 114 valence electrons. The maximum atomic E-state index is 12.0. The Morgan fingerprint density at radius 3 is 1.91 bits per heavy atom. The number of benzene rings is 2. The fourth-order valence-electron chi connectivity index (χ4n) is 2.66. The van der Waals surface area contributed by atoms with Gasteiger partial charge in [-0.1, -0.05) is 17.7 Å². The number of hydrogen-bond donors (Lipinski definition) is 2. The van der Waals surface area contributed by atoms with Crippen LogP contribution in [-0.2, 0) is 0 Å².